The summed E-state index contributed by atoms with van der Waals surface area (Å²) in [6.07, 6.45) is 17.9. The molecule has 0 radical (unpaired) electrons. The molecule has 4 aliphatic carbocycles. The minimum atomic E-state index is -0.118. The van der Waals surface area contributed by atoms with Gasteiger partial charge in [0.1, 0.15) is 6.10 Å². The van der Waals surface area contributed by atoms with Crippen molar-refractivity contribution in [3.8, 4) is 0 Å². The van der Waals surface area contributed by atoms with Gasteiger partial charge >= 0.3 is 5.97 Å². The Bertz CT molecular complexity index is 791. The second-order valence-electron chi connectivity index (χ2n) is 13.0. The molecule has 4 aliphatic rings. The Balaban J connectivity index is 1.47. The molecule has 3 fully saturated rings. The van der Waals surface area contributed by atoms with Crippen LogP contribution in [0.25, 0.3) is 0 Å². The lowest BCUT2D eigenvalue weighted by Gasteiger charge is -2.58. The molecule has 0 aliphatic heterocycles. The van der Waals surface area contributed by atoms with Crippen molar-refractivity contribution in [1.29, 1.82) is 0 Å². The maximum atomic E-state index is 11.5. The highest BCUT2D eigenvalue weighted by Gasteiger charge is 2.59. The Labute approximate surface area is 204 Å². The van der Waals surface area contributed by atoms with Crippen LogP contribution in [0.4, 0.5) is 0 Å². The summed E-state index contributed by atoms with van der Waals surface area (Å²) in [5.74, 6) is 4.88. The number of rotatable bonds is 6. The first-order valence-corrected chi connectivity index (χ1v) is 14.1. The summed E-state index contributed by atoms with van der Waals surface area (Å²) in [7, 11) is 0. The van der Waals surface area contributed by atoms with Crippen LogP contribution >= 0.6 is 0 Å². The number of esters is 1. The number of carbonyl (C=O) groups is 1. The normalized spacial score (nSPS) is 41.6. The quantitative estimate of drug-likeness (QED) is 0.297. The Hall–Kier alpha value is -1.05. The van der Waals surface area contributed by atoms with Gasteiger partial charge in [0.05, 0.1) is 0 Å². The lowest BCUT2D eigenvalue weighted by molar-refractivity contribution is -0.148. The molecule has 3 saturated carbocycles. The van der Waals surface area contributed by atoms with Gasteiger partial charge in [-0.3, -0.25) is 4.79 Å². The molecular weight excluding hydrogens is 404 g/mol. The Morgan fingerprint density at radius 1 is 1.12 bits per heavy atom. The van der Waals surface area contributed by atoms with Crippen molar-refractivity contribution >= 4 is 5.97 Å². The highest BCUT2D eigenvalue weighted by molar-refractivity contribution is 5.66. The molecule has 0 aromatic rings. The fraction of sp³-hybridized carbons (Fsp3) is 0.839. The van der Waals surface area contributed by atoms with E-state index in [0.29, 0.717) is 16.7 Å². The van der Waals surface area contributed by atoms with Gasteiger partial charge in [-0.25, -0.2) is 0 Å². The molecular formula is C31H50O2. The van der Waals surface area contributed by atoms with Crippen LogP contribution in [0.3, 0.4) is 0 Å². The SMILES string of the molecule is C/C=C(\CC[C@H](C)[C@@H]1CC[C@@H]2[C@H]3CC=C4C[C@@H](OC(C)=O)CC[C@]4(C)[C@@H]3CC[C@@]21C)C(C)C. The van der Waals surface area contributed by atoms with Crippen LogP contribution in [0.5, 0.6) is 0 Å². The fourth-order valence-corrected chi connectivity index (χ4v) is 9.30. The predicted octanol–water partition coefficient (Wildman–Crippen LogP) is 8.52. The molecule has 0 N–H and O–H groups in total. The molecule has 2 nitrogen and oxygen atoms in total. The van der Waals surface area contributed by atoms with E-state index in [0.717, 1.165) is 42.4 Å². The van der Waals surface area contributed by atoms with E-state index in [9.17, 15) is 4.79 Å². The first kappa shape index (κ1) is 25.1. The molecule has 8 atom stereocenters. The Kier molecular flexibility index (Phi) is 7.24. The summed E-state index contributed by atoms with van der Waals surface area (Å²) < 4.78 is 5.63. The molecule has 0 heterocycles. The van der Waals surface area contributed by atoms with Crippen LogP contribution in [0.1, 0.15) is 113 Å². The van der Waals surface area contributed by atoms with E-state index in [4.69, 9.17) is 4.74 Å². The Morgan fingerprint density at radius 2 is 1.88 bits per heavy atom. The molecule has 0 aromatic carbocycles. The molecule has 0 unspecified atom stereocenters. The first-order chi connectivity index (χ1) is 15.6. The number of fused-ring (bicyclic) bond motifs is 5. The average Bonchev–Trinajstić information content (AvgIpc) is 3.11. The Morgan fingerprint density at radius 3 is 2.55 bits per heavy atom. The topological polar surface area (TPSA) is 26.3 Å². The first-order valence-electron chi connectivity index (χ1n) is 14.1. The van der Waals surface area contributed by atoms with Gasteiger partial charge in [0.2, 0.25) is 0 Å². The van der Waals surface area contributed by atoms with Crippen LogP contribution < -0.4 is 0 Å². The summed E-state index contributed by atoms with van der Waals surface area (Å²) >= 11 is 0. The predicted molar refractivity (Wildman–Crippen MR) is 138 cm³/mol. The second kappa shape index (κ2) is 9.54. The van der Waals surface area contributed by atoms with E-state index in [2.05, 4.69) is 53.7 Å². The van der Waals surface area contributed by atoms with Gasteiger partial charge in [0.25, 0.3) is 0 Å². The summed E-state index contributed by atoms with van der Waals surface area (Å²) in [4.78, 5) is 11.5. The van der Waals surface area contributed by atoms with Crippen molar-refractivity contribution in [3.05, 3.63) is 23.3 Å². The van der Waals surface area contributed by atoms with Gasteiger partial charge < -0.3 is 4.74 Å². The van der Waals surface area contributed by atoms with Gasteiger partial charge in [0, 0.05) is 13.3 Å². The van der Waals surface area contributed by atoms with Crippen molar-refractivity contribution in [2.24, 2.45) is 46.3 Å². The molecule has 0 aromatic heterocycles. The van der Waals surface area contributed by atoms with E-state index in [1.165, 1.54) is 51.4 Å². The molecule has 0 amide bonds. The third-order valence-corrected chi connectivity index (χ3v) is 11.2. The van der Waals surface area contributed by atoms with E-state index >= 15 is 0 Å². The van der Waals surface area contributed by atoms with Crippen LogP contribution in [-0.2, 0) is 9.53 Å². The van der Waals surface area contributed by atoms with Crippen LogP contribution in [0.2, 0.25) is 0 Å². The molecule has 2 heteroatoms. The smallest absolute Gasteiger partial charge is 0.302 e. The second-order valence-corrected chi connectivity index (χ2v) is 13.0. The van der Waals surface area contributed by atoms with Gasteiger partial charge in [-0.2, -0.15) is 0 Å². The number of carbonyl (C=O) groups excluding carboxylic acids is 1. The van der Waals surface area contributed by atoms with E-state index in [1.54, 1.807) is 18.1 Å². The number of allylic oxidation sites excluding steroid dienone is 3. The zero-order valence-corrected chi connectivity index (χ0v) is 22.6. The van der Waals surface area contributed by atoms with Crippen molar-refractivity contribution < 1.29 is 9.53 Å². The minimum absolute atomic E-state index is 0.108. The largest absolute Gasteiger partial charge is 0.462 e. The maximum absolute atomic E-state index is 11.5. The number of hydrogen-bond acceptors (Lipinski definition) is 2. The lowest BCUT2D eigenvalue weighted by Crippen LogP contribution is -2.51. The molecule has 4 rings (SSSR count). The highest BCUT2D eigenvalue weighted by atomic mass is 16.5. The molecule has 33 heavy (non-hydrogen) atoms. The van der Waals surface area contributed by atoms with Crippen LogP contribution in [0.15, 0.2) is 23.3 Å². The molecule has 0 bridgehead atoms. The minimum Gasteiger partial charge on any atom is -0.462 e. The van der Waals surface area contributed by atoms with Crippen LogP contribution in [0, 0.1) is 46.3 Å². The zero-order chi connectivity index (χ0) is 24.0. The van der Waals surface area contributed by atoms with Crippen molar-refractivity contribution in [1.82, 2.24) is 0 Å². The standard InChI is InChI=1S/C31H50O2/c1-8-23(20(2)3)10-9-21(4)27-13-14-28-26-12-11-24-19-25(33-22(5)32)15-17-30(24,6)29(26)16-18-31(27,28)7/h8,11,20-21,25-29H,9-10,12-19H2,1-7H3/b23-8+/t21-,25-,26+,27-,28+,29+,30-,31+/m0/s1. The van der Waals surface area contributed by atoms with Gasteiger partial charge in [0.15, 0.2) is 0 Å². The lowest BCUT2D eigenvalue weighted by atomic mass is 9.47. The van der Waals surface area contributed by atoms with E-state index in [1.807, 2.05) is 0 Å². The van der Waals surface area contributed by atoms with Gasteiger partial charge in [-0.1, -0.05) is 57.9 Å². The highest BCUT2D eigenvalue weighted by Crippen LogP contribution is 2.67. The molecule has 186 valence electrons. The van der Waals surface area contributed by atoms with Crippen molar-refractivity contribution in [3.63, 3.8) is 0 Å². The number of hydrogen-bond donors (Lipinski definition) is 0. The summed E-state index contributed by atoms with van der Waals surface area (Å²) in [6, 6.07) is 0. The fourth-order valence-electron chi connectivity index (χ4n) is 9.30. The van der Waals surface area contributed by atoms with Crippen molar-refractivity contribution in [2.75, 3.05) is 0 Å². The van der Waals surface area contributed by atoms with Gasteiger partial charge in [-0.05, 0) is 111 Å². The van der Waals surface area contributed by atoms with Gasteiger partial charge in [-0.15, -0.1) is 0 Å². The summed E-state index contributed by atoms with van der Waals surface area (Å²) in [5, 5.41) is 0. The van der Waals surface area contributed by atoms with E-state index < -0.39 is 0 Å². The zero-order valence-electron chi connectivity index (χ0n) is 22.6. The average molecular weight is 455 g/mol. The monoisotopic (exact) mass is 454 g/mol. The van der Waals surface area contributed by atoms with Crippen molar-refractivity contribution in [2.45, 2.75) is 119 Å². The van der Waals surface area contributed by atoms with E-state index in [-0.39, 0.29) is 12.1 Å². The maximum Gasteiger partial charge on any atom is 0.302 e. The summed E-state index contributed by atoms with van der Waals surface area (Å²) in [5.41, 5.74) is 4.13. The summed E-state index contributed by atoms with van der Waals surface area (Å²) in [6.45, 7) is 16.3. The molecule has 0 saturated heterocycles. The number of ether oxygens (including phenoxy) is 1. The third kappa shape index (κ3) is 4.50. The molecule has 0 spiro atoms. The van der Waals surface area contributed by atoms with Crippen LogP contribution in [-0.4, -0.2) is 12.1 Å². The third-order valence-electron chi connectivity index (χ3n) is 11.2.